The van der Waals surface area contributed by atoms with Crippen LogP contribution in [0.25, 0.3) is 6.08 Å². The summed E-state index contributed by atoms with van der Waals surface area (Å²) in [6.07, 6.45) is 5.03. The first-order valence-electron chi connectivity index (χ1n) is 6.19. The fourth-order valence-corrected chi connectivity index (χ4v) is 3.29. The van der Waals surface area contributed by atoms with Gasteiger partial charge in [0.05, 0.1) is 12.9 Å². The zero-order valence-corrected chi connectivity index (χ0v) is 13.0. The molecule has 0 bridgehead atoms. The van der Waals surface area contributed by atoms with E-state index in [1.807, 2.05) is 0 Å². The van der Waals surface area contributed by atoms with Gasteiger partial charge in [0.25, 0.3) is 0 Å². The lowest BCUT2D eigenvalue weighted by molar-refractivity contribution is -0.137. The minimum atomic E-state index is -2.58. The zero-order valence-electron chi connectivity index (χ0n) is 12.0. The van der Waals surface area contributed by atoms with E-state index in [-0.39, 0.29) is 6.61 Å². The fourth-order valence-electron chi connectivity index (χ4n) is 1.60. The van der Waals surface area contributed by atoms with Crippen molar-refractivity contribution in [3.05, 3.63) is 30.2 Å². The maximum absolute atomic E-state index is 11.4. The van der Waals surface area contributed by atoms with Gasteiger partial charge in [-0.3, -0.25) is 0 Å². The maximum atomic E-state index is 11.4. The highest BCUT2D eigenvalue weighted by Crippen LogP contribution is 2.14. The molecule has 0 N–H and O–H groups in total. The highest BCUT2D eigenvalue weighted by Gasteiger charge is 2.36. The van der Waals surface area contributed by atoms with Gasteiger partial charge in [0, 0.05) is 33.4 Å². The average molecular weight is 300 g/mol. The average Bonchev–Trinajstić information content (AvgIpc) is 2.99. The number of hydrogen-bond donors (Lipinski definition) is 0. The molecule has 20 heavy (non-hydrogen) atoms. The number of ether oxygens (including phenoxy) is 1. The van der Waals surface area contributed by atoms with Gasteiger partial charge in [0.15, 0.2) is 0 Å². The van der Waals surface area contributed by atoms with Gasteiger partial charge in [0.1, 0.15) is 5.76 Å². The molecule has 7 heteroatoms. The summed E-state index contributed by atoms with van der Waals surface area (Å²) in [4.78, 5) is 11.4. The van der Waals surface area contributed by atoms with Crippen LogP contribution in [0, 0.1) is 0 Å². The van der Waals surface area contributed by atoms with Crippen molar-refractivity contribution in [2.75, 3.05) is 27.9 Å². The summed E-state index contributed by atoms with van der Waals surface area (Å²) in [5.41, 5.74) is 0. The molecule has 0 atom stereocenters. The molecule has 0 amide bonds. The normalized spacial score (nSPS) is 11.9. The van der Waals surface area contributed by atoms with Crippen LogP contribution in [0.1, 0.15) is 12.2 Å². The molecule has 0 aliphatic carbocycles. The summed E-state index contributed by atoms with van der Waals surface area (Å²) < 4.78 is 25.9. The van der Waals surface area contributed by atoms with Gasteiger partial charge in [-0.1, -0.05) is 0 Å². The van der Waals surface area contributed by atoms with Gasteiger partial charge in [-0.2, -0.15) is 0 Å². The third kappa shape index (κ3) is 5.30. The highest BCUT2D eigenvalue weighted by molar-refractivity contribution is 6.60. The second-order valence-electron chi connectivity index (χ2n) is 3.92. The highest BCUT2D eigenvalue weighted by atomic mass is 28.4. The molecule has 0 unspecified atom stereocenters. The standard InChI is InChI=1S/C13H20O6Si/c1-15-20(16-2,17-3)11-5-10-19-13(14)8-7-12-6-4-9-18-12/h4,6-9H,5,10-11H2,1-3H3. The SMILES string of the molecule is CO[Si](CCCOC(=O)C=Cc1ccco1)(OC)OC. The van der Waals surface area contributed by atoms with Crippen LogP contribution in [0.2, 0.25) is 6.04 Å². The largest absolute Gasteiger partial charge is 0.500 e. The third-order valence-corrected chi connectivity index (χ3v) is 5.56. The Bertz CT molecular complexity index is 402. The first-order chi connectivity index (χ1) is 9.65. The lowest BCUT2D eigenvalue weighted by Gasteiger charge is -2.23. The van der Waals surface area contributed by atoms with Crippen LogP contribution in [0.3, 0.4) is 0 Å². The summed E-state index contributed by atoms with van der Waals surface area (Å²) in [6, 6.07) is 4.08. The molecular formula is C13H20O6Si. The van der Waals surface area contributed by atoms with E-state index in [1.54, 1.807) is 39.5 Å². The molecule has 0 saturated heterocycles. The van der Waals surface area contributed by atoms with Crippen molar-refractivity contribution in [3.63, 3.8) is 0 Å². The first-order valence-corrected chi connectivity index (χ1v) is 8.13. The molecule has 1 aromatic rings. The predicted molar refractivity (Wildman–Crippen MR) is 74.9 cm³/mol. The molecule has 0 fully saturated rings. The molecule has 1 aromatic heterocycles. The monoisotopic (exact) mass is 300 g/mol. The Labute approximate surface area is 119 Å². The Hall–Kier alpha value is -1.41. The van der Waals surface area contributed by atoms with Crippen LogP contribution >= 0.6 is 0 Å². The van der Waals surface area contributed by atoms with Crippen LogP contribution in [-0.2, 0) is 22.8 Å². The van der Waals surface area contributed by atoms with Gasteiger partial charge in [-0.05, 0) is 24.6 Å². The van der Waals surface area contributed by atoms with E-state index < -0.39 is 14.8 Å². The number of carbonyl (C=O) groups excluding carboxylic acids is 1. The van der Waals surface area contributed by atoms with Crippen LogP contribution in [-0.4, -0.2) is 42.7 Å². The second-order valence-corrected chi connectivity index (χ2v) is 7.01. The van der Waals surface area contributed by atoms with Crippen molar-refractivity contribution in [2.45, 2.75) is 12.5 Å². The minimum Gasteiger partial charge on any atom is -0.465 e. The molecule has 0 aliphatic rings. The van der Waals surface area contributed by atoms with E-state index in [1.165, 1.54) is 12.3 Å². The zero-order chi connectivity index (χ0) is 14.8. The Morgan fingerprint density at radius 1 is 1.30 bits per heavy atom. The van der Waals surface area contributed by atoms with E-state index in [0.717, 1.165) is 0 Å². The van der Waals surface area contributed by atoms with E-state index in [2.05, 4.69) is 0 Å². The summed E-state index contributed by atoms with van der Waals surface area (Å²) in [5, 5.41) is 0. The summed E-state index contributed by atoms with van der Waals surface area (Å²) in [5.74, 6) is 0.187. The first kappa shape index (κ1) is 16.6. The molecule has 0 spiro atoms. The number of furan rings is 1. The van der Waals surface area contributed by atoms with Crippen molar-refractivity contribution < 1.29 is 27.2 Å². The van der Waals surface area contributed by atoms with E-state index >= 15 is 0 Å². The van der Waals surface area contributed by atoms with Crippen molar-refractivity contribution in [1.82, 2.24) is 0 Å². The smallest absolute Gasteiger partial charge is 0.465 e. The van der Waals surface area contributed by atoms with Gasteiger partial charge in [-0.25, -0.2) is 4.79 Å². The van der Waals surface area contributed by atoms with E-state index in [9.17, 15) is 4.79 Å². The van der Waals surface area contributed by atoms with Gasteiger partial charge >= 0.3 is 14.8 Å². The second kappa shape index (κ2) is 8.70. The molecule has 0 aromatic carbocycles. The van der Waals surface area contributed by atoms with Crippen LogP contribution in [0.15, 0.2) is 28.9 Å². The number of rotatable bonds is 9. The molecule has 0 radical (unpaired) electrons. The molecule has 0 saturated carbocycles. The lowest BCUT2D eigenvalue weighted by Crippen LogP contribution is -2.42. The molecule has 1 rings (SSSR count). The predicted octanol–water partition coefficient (Wildman–Crippen LogP) is 2.10. The van der Waals surface area contributed by atoms with Crippen molar-refractivity contribution in [3.8, 4) is 0 Å². The number of carbonyl (C=O) groups is 1. The van der Waals surface area contributed by atoms with Gasteiger partial charge in [-0.15, -0.1) is 0 Å². The van der Waals surface area contributed by atoms with E-state index in [4.69, 9.17) is 22.4 Å². The quantitative estimate of drug-likeness (QED) is 0.301. The molecule has 112 valence electrons. The summed E-state index contributed by atoms with van der Waals surface area (Å²) in [6.45, 7) is 0.284. The van der Waals surface area contributed by atoms with Crippen molar-refractivity contribution in [2.24, 2.45) is 0 Å². The Morgan fingerprint density at radius 3 is 2.55 bits per heavy atom. The minimum absolute atomic E-state index is 0.284. The molecular weight excluding hydrogens is 280 g/mol. The number of hydrogen-bond acceptors (Lipinski definition) is 6. The van der Waals surface area contributed by atoms with Crippen molar-refractivity contribution in [1.29, 1.82) is 0 Å². The topological polar surface area (TPSA) is 67.1 Å². The molecule has 1 heterocycles. The summed E-state index contributed by atoms with van der Waals surface area (Å²) in [7, 11) is 2.08. The van der Waals surface area contributed by atoms with Gasteiger partial charge in [0.2, 0.25) is 0 Å². The Kier molecular flexibility index (Phi) is 7.24. The fraction of sp³-hybridized carbons (Fsp3) is 0.462. The van der Waals surface area contributed by atoms with E-state index in [0.29, 0.717) is 18.2 Å². The Balaban J connectivity index is 2.25. The van der Waals surface area contributed by atoms with Crippen LogP contribution in [0.5, 0.6) is 0 Å². The lowest BCUT2D eigenvalue weighted by atomic mass is 10.4. The maximum Gasteiger partial charge on any atom is 0.500 e. The van der Waals surface area contributed by atoms with Crippen LogP contribution < -0.4 is 0 Å². The number of esters is 1. The van der Waals surface area contributed by atoms with Gasteiger partial charge < -0.3 is 22.4 Å². The van der Waals surface area contributed by atoms with Crippen molar-refractivity contribution >= 4 is 20.8 Å². The summed E-state index contributed by atoms with van der Waals surface area (Å²) >= 11 is 0. The van der Waals surface area contributed by atoms with Crippen LogP contribution in [0.4, 0.5) is 0 Å². The molecule has 0 aliphatic heterocycles. The third-order valence-electron chi connectivity index (χ3n) is 2.73. The Morgan fingerprint density at radius 2 is 2.00 bits per heavy atom. The molecule has 6 nitrogen and oxygen atoms in total.